The van der Waals surface area contributed by atoms with Crippen LogP contribution in [0.25, 0.3) is 0 Å². The van der Waals surface area contributed by atoms with E-state index in [4.69, 9.17) is 0 Å². The van der Waals surface area contributed by atoms with Crippen LogP contribution in [0.1, 0.15) is 63.1 Å². The summed E-state index contributed by atoms with van der Waals surface area (Å²) in [7, 11) is 0. The van der Waals surface area contributed by atoms with Crippen LogP contribution in [0.2, 0.25) is 0 Å². The van der Waals surface area contributed by atoms with Gasteiger partial charge < -0.3 is 0 Å². The van der Waals surface area contributed by atoms with E-state index in [1.54, 1.807) is 11.1 Å². The molecule has 0 aliphatic heterocycles. The first-order valence-electron chi connectivity index (χ1n) is 6.92. The van der Waals surface area contributed by atoms with Crippen molar-refractivity contribution in [3.8, 4) is 0 Å². The fourth-order valence-electron chi connectivity index (χ4n) is 2.11. The van der Waals surface area contributed by atoms with Gasteiger partial charge in [0.1, 0.15) is 0 Å². The average Bonchev–Trinajstić information content (AvgIpc) is 2.34. The van der Waals surface area contributed by atoms with Crippen molar-refractivity contribution in [1.82, 2.24) is 0 Å². The minimum Gasteiger partial charge on any atom is -0.0654 e. The summed E-state index contributed by atoms with van der Waals surface area (Å²) >= 11 is 0. The minimum atomic E-state index is 1.16. The minimum absolute atomic E-state index is 1.16. The zero-order chi connectivity index (χ0) is 11.8. The van der Waals surface area contributed by atoms with E-state index in [0.29, 0.717) is 0 Å². The van der Waals surface area contributed by atoms with Crippen LogP contribution in [0.15, 0.2) is 18.2 Å². The van der Waals surface area contributed by atoms with Gasteiger partial charge in [-0.05, 0) is 48.8 Å². The second kappa shape index (κ2) is 7.49. The summed E-state index contributed by atoms with van der Waals surface area (Å²) in [6.07, 6.45) is 8.93. The number of aryl methyl sites for hydroxylation is 3. The number of benzene rings is 1. The van der Waals surface area contributed by atoms with Crippen molar-refractivity contribution >= 4 is 0 Å². The summed E-state index contributed by atoms with van der Waals surface area (Å²) in [5.41, 5.74) is 4.69. The Morgan fingerprint density at radius 2 is 1.44 bits per heavy atom. The van der Waals surface area contributed by atoms with Crippen LogP contribution < -0.4 is 0 Å². The first-order chi connectivity index (χ1) is 7.81. The Morgan fingerprint density at radius 3 is 2.00 bits per heavy atom. The molecule has 1 aromatic carbocycles. The summed E-state index contributed by atoms with van der Waals surface area (Å²) in [5.74, 6) is 0. The van der Waals surface area contributed by atoms with E-state index in [0.717, 1.165) is 6.42 Å². The molecular formula is C16H26. The summed E-state index contributed by atoms with van der Waals surface area (Å²) in [6, 6.07) is 7.10. The normalized spacial score (nSPS) is 10.7. The van der Waals surface area contributed by atoms with Gasteiger partial charge in [-0.3, -0.25) is 0 Å². The van der Waals surface area contributed by atoms with E-state index in [9.17, 15) is 0 Å². The Balaban J connectivity index is 2.78. The van der Waals surface area contributed by atoms with E-state index >= 15 is 0 Å². The van der Waals surface area contributed by atoms with Gasteiger partial charge in [-0.25, -0.2) is 0 Å². The van der Waals surface area contributed by atoms with Gasteiger partial charge in [-0.2, -0.15) is 0 Å². The Labute approximate surface area is 101 Å². The van der Waals surface area contributed by atoms with E-state index < -0.39 is 0 Å². The van der Waals surface area contributed by atoms with Gasteiger partial charge >= 0.3 is 0 Å². The van der Waals surface area contributed by atoms with Crippen molar-refractivity contribution in [3.05, 3.63) is 34.9 Å². The first-order valence-corrected chi connectivity index (χ1v) is 6.92. The predicted molar refractivity (Wildman–Crippen MR) is 73.0 cm³/mol. The molecule has 0 spiro atoms. The van der Waals surface area contributed by atoms with E-state index in [1.165, 1.54) is 44.1 Å². The van der Waals surface area contributed by atoms with Crippen molar-refractivity contribution in [1.29, 1.82) is 0 Å². The van der Waals surface area contributed by atoms with Crippen LogP contribution >= 0.6 is 0 Å². The molecule has 0 saturated heterocycles. The van der Waals surface area contributed by atoms with Crippen LogP contribution in [-0.4, -0.2) is 0 Å². The molecule has 1 aromatic rings. The fraction of sp³-hybridized carbons (Fsp3) is 0.625. The van der Waals surface area contributed by atoms with E-state index in [2.05, 4.69) is 39.0 Å². The lowest BCUT2D eigenvalue weighted by molar-refractivity contribution is 0.757. The van der Waals surface area contributed by atoms with Gasteiger partial charge in [0.05, 0.1) is 0 Å². The summed E-state index contributed by atoms with van der Waals surface area (Å²) in [5, 5.41) is 0. The van der Waals surface area contributed by atoms with Gasteiger partial charge in [-0.1, -0.05) is 51.8 Å². The molecule has 1 rings (SSSR count). The van der Waals surface area contributed by atoms with Crippen LogP contribution in [0, 0.1) is 0 Å². The Hall–Kier alpha value is -0.780. The zero-order valence-corrected chi connectivity index (χ0v) is 11.2. The Bertz CT molecular complexity index is 299. The molecule has 0 bridgehead atoms. The smallest absolute Gasteiger partial charge is 0.0276 e. The van der Waals surface area contributed by atoms with Crippen molar-refractivity contribution in [2.75, 3.05) is 0 Å². The molecule has 0 aromatic heterocycles. The van der Waals surface area contributed by atoms with Crippen molar-refractivity contribution in [2.24, 2.45) is 0 Å². The number of unbranched alkanes of at least 4 members (excludes halogenated alkanes) is 2. The van der Waals surface area contributed by atoms with Gasteiger partial charge in [0, 0.05) is 0 Å². The molecular weight excluding hydrogens is 192 g/mol. The SMILES string of the molecule is CCCCc1ccc(CC)cc1CCCC. The highest BCUT2D eigenvalue weighted by atomic mass is 14.1. The standard InChI is InChI=1S/C16H26/c1-4-7-9-15-12-11-14(6-3)13-16(15)10-8-5-2/h11-13H,4-10H2,1-3H3. The third kappa shape index (κ3) is 4.00. The van der Waals surface area contributed by atoms with Crippen LogP contribution in [0.3, 0.4) is 0 Å². The number of rotatable bonds is 7. The largest absolute Gasteiger partial charge is 0.0654 e. The number of hydrogen-bond acceptors (Lipinski definition) is 0. The molecule has 0 aliphatic carbocycles. The Kier molecular flexibility index (Phi) is 6.22. The van der Waals surface area contributed by atoms with Crippen LogP contribution in [0.4, 0.5) is 0 Å². The molecule has 0 atom stereocenters. The van der Waals surface area contributed by atoms with Gasteiger partial charge in [0.15, 0.2) is 0 Å². The summed E-state index contributed by atoms with van der Waals surface area (Å²) < 4.78 is 0. The second-order valence-corrected chi connectivity index (χ2v) is 4.66. The quantitative estimate of drug-likeness (QED) is 0.608. The van der Waals surface area contributed by atoms with Gasteiger partial charge in [0.25, 0.3) is 0 Å². The molecule has 0 heterocycles. The molecule has 0 heteroatoms. The fourth-order valence-corrected chi connectivity index (χ4v) is 2.11. The third-order valence-electron chi connectivity index (χ3n) is 3.28. The van der Waals surface area contributed by atoms with Gasteiger partial charge in [-0.15, -0.1) is 0 Å². The molecule has 0 N–H and O–H groups in total. The van der Waals surface area contributed by atoms with Crippen molar-refractivity contribution in [3.63, 3.8) is 0 Å². The second-order valence-electron chi connectivity index (χ2n) is 4.66. The topological polar surface area (TPSA) is 0 Å². The highest BCUT2D eigenvalue weighted by Crippen LogP contribution is 2.17. The molecule has 0 saturated carbocycles. The zero-order valence-electron chi connectivity index (χ0n) is 11.2. The maximum Gasteiger partial charge on any atom is -0.0276 e. The maximum absolute atomic E-state index is 2.43. The van der Waals surface area contributed by atoms with Crippen molar-refractivity contribution in [2.45, 2.75) is 65.7 Å². The maximum atomic E-state index is 2.43. The third-order valence-corrected chi connectivity index (χ3v) is 3.28. The molecule has 0 amide bonds. The van der Waals surface area contributed by atoms with E-state index in [-0.39, 0.29) is 0 Å². The molecule has 0 nitrogen and oxygen atoms in total. The lowest BCUT2D eigenvalue weighted by atomic mass is 9.95. The summed E-state index contributed by atoms with van der Waals surface area (Å²) in [6.45, 7) is 6.78. The molecule has 0 aliphatic rings. The van der Waals surface area contributed by atoms with E-state index in [1.807, 2.05) is 0 Å². The monoisotopic (exact) mass is 218 g/mol. The lowest BCUT2D eigenvalue weighted by Gasteiger charge is -2.11. The average molecular weight is 218 g/mol. The lowest BCUT2D eigenvalue weighted by Crippen LogP contribution is -1.96. The van der Waals surface area contributed by atoms with Crippen LogP contribution in [-0.2, 0) is 19.3 Å². The molecule has 0 fully saturated rings. The molecule has 0 radical (unpaired) electrons. The first kappa shape index (κ1) is 13.3. The number of hydrogen-bond donors (Lipinski definition) is 0. The molecule has 90 valence electrons. The van der Waals surface area contributed by atoms with Crippen molar-refractivity contribution < 1.29 is 0 Å². The highest BCUT2D eigenvalue weighted by Gasteiger charge is 2.03. The summed E-state index contributed by atoms with van der Waals surface area (Å²) in [4.78, 5) is 0. The Morgan fingerprint density at radius 1 is 0.812 bits per heavy atom. The molecule has 0 unspecified atom stereocenters. The highest BCUT2D eigenvalue weighted by molar-refractivity contribution is 5.32. The molecule has 16 heavy (non-hydrogen) atoms. The predicted octanol–water partition coefficient (Wildman–Crippen LogP) is 4.93. The van der Waals surface area contributed by atoms with Gasteiger partial charge in [0.2, 0.25) is 0 Å². The van der Waals surface area contributed by atoms with Crippen LogP contribution in [0.5, 0.6) is 0 Å².